The van der Waals surface area contributed by atoms with E-state index in [2.05, 4.69) is 12.2 Å². The van der Waals surface area contributed by atoms with Crippen LogP contribution in [-0.4, -0.2) is 116 Å². The average molecular weight is 620 g/mol. The van der Waals surface area contributed by atoms with E-state index in [-0.39, 0.29) is 13.2 Å². The molecule has 0 spiro atoms. The van der Waals surface area contributed by atoms with Crippen LogP contribution in [0.4, 0.5) is 0 Å². The van der Waals surface area contributed by atoms with Gasteiger partial charge in [-0.2, -0.15) is 0 Å². The van der Waals surface area contributed by atoms with E-state index in [0.29, 0.717) is 6.61 Å². The van der Waals surface area contributed by atoms with Crippen LogP contribution in [0.5, 0.6) is 0 Å². The molecule has 15 heteroatoms. The zero-order valence-electron chi connectivity index (χ0n) is 25.8. The summed E-state index contributed by atoms with van der Waals surface area (Å²) in [7, 11) is 0. The molecule has 3 rings (SSSR count). The SMILES string of the molecule is CCCCCO[C@@H]1[C@H]2OC(C)(C)O[C@H]2O[C@@H]1[C@@H](O)CO[C@@H]1O[C@H](COC(C)=O)[C@@H](OC(C)=O)[C@H](OC(C)=O)[C@H]1NC(C)=O. The van der Waals surface area contributed by atoms with Crippen LogP contribution in [-0.2, 0) is 61.8 Å². The van der Waals surface area contributed by atoms with Crippen LogP contribution in [0.3, 0.4) is 0 Å². The van der Waals surface area contributed by atoms with Gasteiger partial charge in [0.2, 0.25) is 5.91 Å². The summed E-state index contributed by atoms with van der Waals surface area (Å²) in [6, 6.07) is -1.18. The van der Waals surface area contributed by atoms with Gasteiger partial charge in [-0.25, -0.2) is 0 Å². The Hall–Kier alpha value is -2.40. The van der Waals surface area contributed by atoms with Gasteiger partial charge in [-0.3, -0.25) is 19.2 Å². The first-order valence-electron chi connectivity index (χ1n) is 14.5. The van der Waals surface area contributed by atoms with Gasteiger partial charge in [-0.05, 0) is 20.3 Å². The van der Waals surface area contributed by atoms with Gasteiger partial charge in [0, 0.05) is 34.3 Å². The molecule has 0 bridgehead atoms. The maximum Gasteiger partial charge on any atom is 0.303 e. The normalized spacial score (nSPS) is 33.7. The first-order valence-corrected chi connectivity index (χ1v) is 14.5. The average Bonchev–Trinajstić information content (AvgIpc) is 3.37. The van der Waals surface area contributed by atoms with Crippen LogP contribution >= 0.6 is 0 Å². The molecule has 0 aromatic carbocycles. The molecule has 3 heterocycles. The first-order chi connectivity index (χ1) is 20.2. The third-order valence-electron chi connectivity index (χ3n) is 6.97. The number of ether oxygens (including phenoxy) is 9. The first kappa shape index (κ1) is 35.1. The summed E-state index contributed by atoms with van der Waals surface area (Å²) >= 11 is 0. The minimum absolute atomic E-state index is 0.381. The van der Waals surface area contributed by atoms with Crippen molar-refractivity contribution in [3.8, 4) is 0 Å². The van der Waals surface area contributed by atoms with E-state index in [4.69, 9.17) is 42.6 Å². The van der Waals surface area contributed by atoms with Gasteiger partial charge in [0.25, 0.3) is 0 Å². The predicted octanol–water partition coefficient (Wildman–Crippen LogP) is 0.472. The molecule has 3 saturated heterocycles. The van der Waals surface area contributed by atoms with E-state index >= 15 is 0 Å². The van der Waals surface area contributed by atoms with E-state index in [0.717, 1.165) is 33.1 Å². The fourth-order valence-electron chi connectivity index (χ4n) is 5.30. The molecule has 43 heavy (non-hydrogen) atoms. The second-order valence-electron chi connectivity index (χ2n) is 11.2. The number of aliphatic hydroxyl groups is 1. The van der Waals surface area contributed by atoms with E-state index in [9.17, 15) is 24.3 Å². The molecule has 2 N–H and O–H groups in total. The number of carbonyl (C=O) groups is 4. The summed E-state index contributed by atoms with van der Waals surface area (Å²) in [5.74, 6) is -3.51. The van der Waals surface area contributed by atoms with Crippen LogP contribution < -0.4 is 5.32 Å². The standard InChI is InChI=1S/C28H45NO14/c1-8-9-10-11-35-24-21(41-27-25(24)42-28(6,7)43-27)18(34)12-37-26-20(29-14(2)30)23(39-17(5)33)22(38-16(4)32)19(40-26)13-36-15(3)31/h18-27,34H,8-13H2,1-7H3,(H,29,30)/t18-,19+,20+,21+,22+,23+,24-,25+,26+,27+/m0/s1. The number of fused-ring (bicyclic) bond motifs is 1. The molecular weight excluding hydrogens is 574 g/mol. The Morgan fingerprint density at radius 1 is 0.884 bits per heavy atom. The van der Waals surface area contributed by atoms with Crippen LogP contribution in [0.15, 0.2) is 0 Å². The van der Waals surface area contributed by atoms with Crippen molar-refractivity contribution in [3.63, 3.8) is 0 Å². The zero-order valence-corrected chi connectivity index (χ0v) is 25.8. The minimum Gasteiger partial charge on any atom is -0.463 e. The van der Waals surface area contributed by atoms with Crippen molar-refractivity contribution < 1.29 is 66.9 Å². The van der Waals surface area contributed by atoms with Crippen LogP contribution in [0.1, 0.15) is 67.7 Å². The lowest BCUT2D eigenvalue weighted by molar-refractivity contribution is -0.286. The van der Waals surface area contributed by atoms with E-state index in [1.807, 2.05) is 0 Å². The molecule has 0 saturated carbocycles. The lowest BCUT2D eigenvalue weighted by Crippen LogP contribution is -2.66. The van der Waals surface area contributed by atoms with Crippen LogP contribution in [0.25, 0.3) is 0 Å². The van der Waals surface area contributed by atoms with E-state index in [1.54, 1.807) is 13.8 Å². The number of carbonyl (C=O) groups excluding carboxylic acids is 4. The third-order valence-corrected chi connectivity index (χ3v) is 6.97. The molecule has 246 valence electrons. The summed E-state index contributed by atoms with van der Waals surface area (Å²) in [6.07, 6.45) is -6.45. The Labute approximate surface area is 251 Å². The van der Waals surface area contributed by atoms with Crippen LogP contribution in [0.2, 0.25) is 0 Å². The Balaban J connectivity index is 1.80. The molecule has 3 aliphatic rings. The van der Waals surface area contributed by atoms with Gasteiger partial charge in [0.1, 0.15) is 43.2 Å². The summed E-state index contributed by atoms with van der Waals surface area (Å²) in [5.41, 5.74) is 0. The predicted molar refractivity (Wildman–Crippen MR) is 144 cm³/mol. The van der Waals surface area contributed by atoms with Crippen molar-refractivity contribution in [2.75, 3.05) is 19.8 Å². The highest BCUT2D eigenvalue weighted by molar-refractivity contribution is 5.73. The highest BCUT2D eigenvalue weighted by Crippen LogP contribution is 2.40. The Kier molecular flexibility index (Phi) is 12.7. The molecule has 10 atom stereocenters. The Bertz CT molecular complexity index is 975. The Morgan fingerprint density at radius 2 is 1.56 bits per heavy atom. The van der Waals surface area contributed by atoms with Gasteiger partial charge in [-0.15, -0.1) is 0 Å². The molecule has 3 aliphatic heterocycles. The summed E-state index contributed by atoms with van der Waals surface area (Å²) in [4.78, 5) is 47.7. The van der Waals surface area contributed by atoms with Crippen molar-refractivity contribution >= 4 is 23.8 Å². The van der Waals surface area contributed by atoms with Crippen molar-refractivity contribution in [2.45, 2.75) is 135 Å². The van der Waals surface area contributed by atoms with Gasteiger partial charge >= 0.3 is 17.9 Å². The number of nitrogens with one attached hydrogen (secondary N) is 1. The third kappa shape index (κ3) is 9.80. The molecule has 3 fully saturated rings. The minimum atomic E-state index is -1.34. The lowest BCUT2D eigenvalue weighted by atomic mass is 9.96. The van der Waals surface area contributed by atoms with E-state index < -0.39 is 91.0 Å². The molecule has 0 radical (unpaired) electrons. The maximum atomic E-state index is 12.2. The number of unbranched alkanes of at least 4 members (excludes halogenated alkanes) is 2. The number of aliphatic hydroxyl groups excluding tert-OH is 1. The highest BCUT2D eigenvalue weighted by Gasteiger charge is 2.57. The molecule has 0 aromatic heterocycles. The van der Waals surface area contributed by atoms with Crippen molar-refractivity contribution in [3.05, 3.63) is 0 Å². The molecule has 15 nitrogen and oxygen atoms in total. The zero-order chi connectivity index (χ0) is 31.9. The van der Waals surface area contributed by atoms with Crippen molar-refractivity contribution in [1.29, 1.82) is 0 Å². The number of hydrogen-bond acceptors (Lipinski definition) is 14. The Morgan fingerprint density at radius 3 is 2.16 bits per heavy atom. The number of esters is 3. The largest absolute Gasteiger partial charge is 0.463 e. The number of amides is 1. The van der Waals surface area contributed by atoms with Crippen molar-refractivity contribution in [1.82, 2.24) is 5.32 Å². The highest BCUT2D eigenvalue weighted by atomic mass is 16.8. The number of hydrogen-bond donors (Lipinski definition) is 2. The molecule has 0 aromatic rings. The van der Waals surface area contributed by atoms with Gasteiger partial charge < -0.3 is 53.1 Å². The van der Waals surface area contributed by atoms with Crippen LogP contribution in [0, 0.1) is 0 Å². The molecular formula is C28H45NO14. The molecule has 1 amide bonds. The summed E-state index contributed by atoms with van der Waals surface area (Å²) in [5, 5.41) is 13.8. The quantitative estimate of drug-likeness (QED) is 0.155. The maximum absolute atomic E-state index is 12.2. The van der Waals surface area contributed by atoms with Gasteiger partial charge in [0.15, 0.2) is 30.6 Å². The monoisotopic (exact) mass is 619 g/mol. The van der Waals surface area contributed by atoms with Crippen molar-refractivity contribution in [2.24, 2.45) is 0 Å². The summed E-state index contributed by atoms with van der Waals surface area (Å²) < 4.78 is 51.9. The molecule has 0 unspecified atom stereocenters. The van der Waals surface area contributed by atoms with E-state index in [1.165, 1.54) is 13.8 Å². The number of rotatable bonds is 14. The fraction of sp³-hybridized carbons (Fsp3) is 0.857. The molecule has 0 aliphatic carbocycles. The fourth-order valence-corrected chi connectivity index (χ4v) is 5.30. The second kappa shape index (κ2) is 15.5. The van der Waals surface area contributed by atoms with Gasteiger partial charge in [0.05, 0.1) is 6.61 Å². The van der Waals surface area contributed by atoms with Gasteiger partial charge in [-0.1, -0.05) is 19.8 Å². The summed E-state index contributed by atoms with van der Waals surface area (Å²) in [6.45, 7) is 9.96. The second-order valence-corrected chi connectivity index (χ2v) is 11.2. The topological polar surface area (TPSA) is 184 Å². The smallest absolute Gasteiger partial charge is 0.303 e. The lowest BCUT2D eigenvalue weighted by Gasteiger charge is -2.45.